The number of guanidine groups is 1. The number of nitrogens with one attached hydrogen (secondary N) is 1. The van der Waals surface area contributed by atoms with E-state index in [0.29, 0.717) is 35.6 Å². The number of methoxy groups -OCH3 is 1. The van der Waals surface area contributed by atoms with E-state index in [4.69, 9.17) is 20.6 Å². The van der Waals surface area contributed by atoms with Gasteiger partial charge in [0.1, 0.15) is 5.76 Å². The van der Waals surface area contributed by atoms with Crippen molar-refractivity contribution in [1.82, 2.24) is 0 Å². The van der Waals surface area contributed by atoms with Gasteiger partial charge in [-0.3, -0.25) is 4.79 Å². The highest BCUT2D eigenvalue weighted by atomic mass is 16.5. The summed E-state index contributed by atoms with van der Waals surface area (Å²) < 4.78 is 10.7. The van der Waals surface area contributed by atoms with Crippen molar-refractivity contribution >= 4 is 29.2 Å². The molecule has 0 spiro atoms. The van der Waals surface area contributed by atoms with Crippen molar-refractivity contribution in [2.75, 3.05) is 12.4 Å². The summed E-state index contributed by atoms with van der Waals surface area (Å²) in [6, 6.07) is 6.60. The average Bonchev–Trinajstić information content (AvgIpc) is 3.01. The summed E-state index contributed by atoms with van der Waals surface area (Å²) in [5.41, 5.74) is 13.3. The molecule has 5 N–H and O–H groups in total. The summed E-state index contributed by atoms with van der Waals surface area (Å²) in [5, 5.41) is 10.7. The van der Waals surface area contributed by atoms with Crippen LogP contribution in [0.1, 0.15) is 58.1 Å². The maximum Gasteiger partial charge on any atom is 0.339 e. The monoisotopic (exact) mass is 411 g/mol. The van der Waals surface area contributed by atoms with Crippen LogP contribution in [-0.4, -0.2) is 30.7 Å². The van der Waals surface area contributed by atoms with E-state index in [0.717, 1.165) is 5.56 Å². The molecule has 0 radical (unpaired) electrons. The normalized spacial score (nSPS) is 15.9. The van der Waals surface area contributed by atoms with Crippen molar-refractivity contribution in [2.45, 2.75) is 33.6 Å². The van der Waals surface area contributed by atoms with Crippen LogP contribution in [0.15, 0.2) is 38.9 Å². The van der Waals surface area contributed by atoms with Crippen LogP contribution in [-0.2, 0) is 11.2 Å². The van der Waals surface area contributed by atoms with E-state index in [2.05, 4.69) is 29.4 Å². The Hall–Kier alpha value is -3.62. The highest BCUT2D eigenvalue weighted by molar-refractivity contribution is 6.11. The Labute approximate surface area is 174 Å². The number of carbonyl (C=O) groups excluding carboxylic acids is 2. The molecule has 1 aliphatic rings. The molecule has 1 aromatic carbocycles. The number of anilines is 1. The summed E-state index contributed by atoms with van der Waals surface area (Å²) >= 11 is 0. The van der Waals surface area contributed by atoms with E-state index in [1.807, 2.05) is 0 Å². The van der Waals surface area contributed by atoms with Gasteiger partial charge in [-0.1, -0.05) is 26.0 Å². The van der Waals surface area contributed by atoms with Crippen LogP contribution in [0.2, 0.25) is 0 Å². The Morgan fingerprint density at radius 3 is 2.57 bits per heavy atom. The van der Waals surface area contributed by atoms with Crippen LogP contribution in [0.4, 0.5) is 5.69 Å². The van der Waals surface area contributed by atoms with Crippen LogP contribution in [0.25, 0.3) is 0 Å². The second-order valence-corrected chi connectivity index (χ2v) is 7.93. The number of furan rings is 1. The lowest BCUT2D eigenvalue weighted by atomic mass is 9.75. The third kappa shape index (κ3) is 4.19. The Kier molecular flexibility index (Phi) is 5.64. The number of hydrogen-bond acceptors (Lipinski definition) is 6. The van der Waals surface area contributed by atoms with Gasteiger partial charge in [-0.2, -0.15) is 5.10 Å². The predicted octanol–water partition coefficient (Wildman–Crippen LogP) is 2.58. The van der Waals surface area contributed by atoms with Crippen molar-refractivity contribution in [2.24, 2.45) is 27.1 Å². The number of fused-ring (bicyclic) bond motifs is 1. The minimum Gasteiger partial charge on any atom is -0.465 e. The smallest absolute Gasteiger partial charge is 0.339 e. The van der Waals surface area contributed by atoms with Gasteiger partial charge in [0.2, 0.25) is 5.96 Å². The van der Waals surface area contributed by atoms with Crippen LogP contribution in [0.3, 0.4) is 0 Å². The van der Waals surface area contributed by atoms with Crippen molar-refractivity contribution in [3.63, 3.8) is 0 Å². The fraction of sp³-hybridized carbons (Fsp3) is 0.333. The number of amides is 1. The molecule has 1 heterocycles. The summed E-state index contributed by atoms with van der Waals surface area (Å²) in [7, 11) is 1.28. The van der Waals surface area contributed by atoms with Crippen LogP contribution in [0.5, 0.6) is 0 Å². The number of rotatable bonds is 4. The molecular weight excluding hydrogens is 386 g/mol. The third-order valence-corrected chi connectivity index (χ3v) is 4.87. The summed E-state index contributed by atoms with van der Waals surface area (Å²) in [6.45, 7) is 5.93. The fourth-order valence-electron chi connectivity index (χ4n) is 3.59. The number of nitrogens with zero attached hydrogens (tertiary/aromatic N) is 2. The average molecular weight is 411 g/mol. The van der Waals surface area contributed by atoms with Crippen molar-refractivity contribution in [3.8, 4) is 0 Å². The lowest BCUT2D eigenvalue weighted by Crippen LogP contribution is -2.27. The molecule has 0 aliphatic heterocycles. The zero-order valence-electron chi connectivity index (χ0n) is 17.4. The molecule has 0 atom stereocenters. The van der Waals surface area contributed by atoms with E-state index in [1.165, 1.54) is 7.11 Å². The third-order valence-electron chi connectivity index (χ3n) is 4.87. The minimum absolute atomic E-state index is 0.139. The standard InChI is InChI=1S/C21H25N5O4/c1-11-16-14(25-26-20(22)23)9-21(2,3)10-15(16)30-17(11)18(27)24-13-8-6-5-7-12(13)19(28)29-4/h5-8H,9-10H2,1-4H3,(H,24,27)(H4,22,23,26)/b25-14-. The van der Waals surface area contributed by atoms with Gasteiger partial charge < -0.3 is 25.9 Å². The molecule has 0 bridgehead atoms. The lowest BCUT2D eigenvalue weighted by molar-refractivity contribution is 0.0602. The van der Waals surface area contributed by atoms with Crippen molar-refractivity contribution < 1.29 is 18.7 Å². The molecule has 9 nitrogen and oxygen atoms in total. The zero-order chi connectivity index (χ0) is 22.1. The molecule has 2 aromatic rings. The number of carbonyl (C=O) groups is 2. The molecule has 3 rings (SSSR count). The minimum atomic E-state index is -0.547. The quantitative estimate of drug-likeness (QED) is 0.305. The first kappa shape index (κ1) is 21.1. The molecule has 1 amide bonds. The Balaban J connectivity index is 2.00. The summed E-state index contributed by atoms with van der Waals surface area (Å²) in [4.78, 5) is 25.0. The van der Waals surface area contributed by atoms with Gasteiger partial charge in [0.25, 0.3) is 5.91 Å². The molecule has 1 aromatic heterocycles. The van der Waals surface area contributed by atoms with E-state index in [-0.39, 0.29) is 22.7 Å². The number of nitrogens with two attached hydrogens (primary N) is 2. The number of hydrogen-bond donors (Lipinski definition) is 3. The number of ether oxygens (including phenoxy) is 1. The molecule has 9 heteroatoms. The van der Waals surface area contributed by atoms with Gasteiger partial charge in [0, 0.05) is 17.5 Å². The van der Waals surface area contributed by atoms with Gasteiger partial charge >= 0.3 is 5.97 Å². The predicted molar refractivity (Wildman–Crippen MR) is 114 cm³/mol. The maximum absolute atomic E-state index is 13.0. The molecule has 30 heavy (non-hydrogen) atoms. The van der Waals surface area contributed by atoms with E-state index in [1.54, 1.807) is 31.2 Å². The summed E-state index contributed by atoms with van der Waals surface area (Å²) in [6.07, 6.45) is 1.26. The van der Waals surface area contributed by atoms with Crippen LogP contribution < -0.4 is 16.8 Å². The first-order valence-corrected chi connectivity index (χ1v) is 9.39. The highest BCUT2D eigenvalue weighted by Gasteiger charge is 2.36. The molecule has 0 unspecified atom stereocenters. The Morgan fingerprint density at radius 1 is 1.20 bits per heavy atom. The number of esters is 1. The molecule has 0 saturated carbocycles. The van der Waals surface area contributed by atoms with E-state index in [9.17, 15) is 9.59 Å². The summed E-state index contributed by atoms with van der Waals surface area (Å²) in [5.74, 6) is -0.368. The Morgan fingerprint density at radius 2 is 1.90 bits per heavy atom. The first-order valence-electron chi connectivity index (χ1n) is 9.39. The SMILES string of the molecule is COC(=O)c1ccccc1NC(=O)c1oc2c(c1C)/C(=N\N=C(N)N)CC(C)(C)C2. The van der Waals surface area contributed by atoms with E-state index >= 15 is 0 Å². The second-order valence-electron chi connectivity index (χ2n) is 7.93. The molecule has 0 fully saturated rings. The van der Waals surface area contributed by atoms with E-state index < -0.39 is 11.9 Å². The van der Waals surface area contributed by atoms with Gasteiger partial charge in [0.15, 0.2) is 5.76 Å². The van der Waals surface area contributed by atoms with Crippen molar-refractivity contribution in [1.29, 1.82) is 0 Å². The second kappa shape index (κ2) is 8.02. The van der Waals surface area contributed by atoms with Crippen LogP contribution >= 0.6 is 0 Å². The maximum atomic E-state index is 13.0. The molecule has 0 saturated heterocycles. The van der Waals surface area contributed by atoms with Gasteiger partial charge in [0.05, 0.1) is 24.1 Å². The lowest BCUT2D eigenvalue weighted by Gasteiger charge is -2.29. The van der Waals surface area contributed by atoms with Gasteiger partial charge in [-0.15, -0.1) is 5.10 Å². The number of benzene rings is 1. The fourth-order valence-corrected chi connectivity index (χ4v) is 3.59. The van der Waals surface area contributed by atoms with Gasteiger partial charge in [-0.25, -0.2) is 4.79 Å². The topological polar surface area (TPSA) is 145 Å². The van der Waals surface area contributed by atoms with Crippen molar-refractivity contribution in [3.05, 3.63) is 52.5 Å². The largest absolute Gasteiger partial charge is 0.465 e. The highest BCUT2D eigenvalue weighted by Crippen LogP contribution is 2.39. The van der Waals surface area contributed by atoms with Crippen LogP contribution in [0, 0.1) is 12.3 Å². The zero-order valence-corrected chi connectivity index (χ0v) is 17.4. The molecule has 1 aliphatic carbocycles. The van der Waals surface area contributed by atoms with Gasteiger partial charge in [-0.05, 0) is 30.9 Å². The molecule has 158 valence electrons. The molecular formula is C21H25N5O4. The Bertz CT molecular complexity index is 1060. The number of para-hydroxylation sites is 1. The first-order chi connectivity index (χ1) is 14.1.